The highest BCUT2D eigenvalue weighted by molar-refractivity contribution is 6.22. The van der Waals surface area contributed by atoms with E-state index in [1.807, 2.05) is 0 Å². The zero-order valence-electron chi connectivity index (χ0n) is 9.73. The van der Waals surface area contributed by atoms with Crippen LogP contribution in [-0.2, 0) is 9.59 Å². The molecule has 0 radical (unpaired) electrons. The van der Waals surface area contributed by atoms with Crippen molar-refractivity contribution in [2.24, 2.45) is 0 Å². The van der Waals surface area contributed by atoms with Gasteiger partial charge in [-0.3, -0.25) is 9.59 Å². The number of imide groups is 1. The van der Waals surface area contributed by atoms with Gasteiger partial charge in [-0.15, -0.1) is 6.58 Å². The molecule has 0 bridgehead atoms. The first-order chi connectivity index (χ1) is 8.63. The summed E-state index contributed by atoms with van der Waals surface area (Å²) in [7, 11) is 0. The third-order valence-electron chi connectivity index (χ3n) is 2.74. The van der Waals surface area contributed by atoms with Gasteiger partial charge >= 0.3 is 0 Å². The molecule has 1 aliphatic heterocycles. The van der Waals surface area contributed by atoms with E-state index in [1.165, 1.54) is 24.3 Å². The van der Waals surface area contributed by atoms with Crippen LogP contribution < -0.4 is 10.2 Å². The quantitative estimate of drug-likeness (QED) is 0.644. The van der Waals surface area contributed by atoms with Crippen LogP contribution >= 0.6 is 0 Å². The van der Waals surface area contributed by atoms with Crippen molar-refractivity contribution >= 4 is 17.5 Å². The van der Waals surface area contributed by atoms with Crippen LogP contribution in [0.25, 0.3) is 0 Å². The molecule has 5 heteroatoms. The highest BCUT2D eigenvalue weighted by atomic mass is 19.1. The van der Waals surface area contributed by atoms with Crippen LogP contribution in [0, 0.1) is 5.82 Å². The molecule has 0 spiro atoms. The van der Waals surface area contributed by atoms with Crippen molar-refractivity contribution < 1.29 is 14.0 Å². The monoisotopic (exact) mass is 248 g/mol. The molecule has 2 rings (SSSR count). The molecular formula is C13H13FN2O2. The molecule has 1 aromatic carbocycles. The third kappa shape index (κ3) is 2.31. The van der Waals surface area contributed by atoms with Crippen molar-refractivity contribution in [3.05, 3.63) is 42.7 Å². The first-order valence-electron chi connectivity index (χ1n) is 5.60. The van der Waals surface area contributed by atoms with Gasteiger partial charge in [-0.1, -0.05) is 6.08 Å². The Hall–Kier alpha value is -2.01. The van der Waals surface area contributed by atoms with Gasteiger partial charge in [0.05, 0.1) is 18.2 Å². The first-order valence-corrected chi connectivity index (χ1v) is 5.60. The number of anilines is 1. The van der Waals surface area contributed by atoms with Crippen LogP contribution in [0.4, 0.5) is 10.1 Å². The number of benzene rings is 1. The molecule has 0 aliphatic carbocycles. The normalized spacial score (nSPS) is 19.4. The average Bonchev–Trinajstić information content (AvgIpc) is 2.63. The van der Waals surface area contributed by atoms with Crippen LogP contribution in [0.3, 0.4) is 0 Å². The molecule has 1 saturated heterocycles. The summed E-state index contributed by atoms with van der Waals surface area (Å²) in [6.07, 6.45) is 1.74. The fourth-order valence-electron chi connectivity index (χ4n) is 1.88. The maximum atomic E-state index is 12.8. The molecule has 1 heterocycles. The first kappa shape index (κ1) is 12.4. The van der Waals surface area contributed by atoms with Crippen molar-refractivity contribution in [2.75, 3.05) is 11.4 Å². The summed E-state index contributed by atoms with van der Waals surface area (Å²) in [5, 5.41) is 2.92. The predicted octanol–water partition coefficient (Wildman–Crippen LogP) is 1.23. The number of hydrogen-bond donors (Lipinski definition) is 1. The van der Waals surface area contributed by atoms with Gasteiger partial charge in [0.1, 0.15) is 5.82 Å². The molecule has 1 unspecified atom stereocenters. The Balaban J connectivity index is 2.18. The Morgan fingerprint density at radius 2 is 2.06 bits per heavy atom. The van der Waals surface area contributed by atoms with E-state index in [4.69, 9.17) is 0 Å². The minimum absolute atomic E-state index is 0.115. The zero-order valence-corrected chi connectivity index (χ0v) is 9.73. The molecule has 94 valence electrons. The minimum atomic E-state index is -0.527. The summed E-state index contributed by atoms with van der Waals surface area (Å²) >= 11 is 0. The van der Waals surface area contributed by atoms with E-state index < -0.39 is 11.9 Å². The number of rotatable bonds is 4. The summed E-state index contributed by atoms with van der Waals surface area (Å²) in [5.74, 6) is -0.999. The number of halogens is 1. The zero-order chi connectivity index (χ0) is 13.1. The van der Waals surface area contributed by atoms with E-state index in [2.05, 4.69) is 11.9 Å². The molecular weight excluding hydrogens is 235 g/mol. The SMILES string of the molecule is C=CCNC1CC(=O)N(c2ccc(F)cc2)C1=O. The lowest BCUT2D eigenvalue weighted by Gasteiger charge is -2.15. The highest BCUT2D eigenvalue weighted by Gasteiger charge is 2.38. The van der Waals surface area contributed by atoms with Gasteiger partial charge in [-0.2, -0.15) is 0 Å². The fourth-order valence-corrected chi connectivity index (χ4v) is 1.88. The van der Waals surface area contributed by atoms with E-state index in [9.17, 15) is 14.0 Å². The van der Waals surface area contributed by atoms with Gasteiger partial charge < -0.3 is 5.32 Å². The lowest BCUT2D eigenvalue weighted by atomic mass is 10.2. The molecule has 0 aromatic heterocycles. The number of carbonyl (C=O) groups excluding carboxylic acids is 2. The second-order valence-corrected chi connectivity index (χ2v) is 4.00. The van der Waals surface area contributed by atoms with Crippen molar-refractivity contribution in [1.29, 1.82) is 0 Å². The van der Waals surface area contributed by atoms with Crippen LogP contribution in [0.5, 0.6) is 0 Å². The number of carbonyl (C=O) groups is 2. The van der Waals surface area contributed by atoms with Crippen molar-refractivity contribution in [3.63, 3.8) is 0 Å². The van der Waals surface area contributed by atoms with Gasteiger partial charge in [0.2, 0.25) is 5.91 Å². The molecule has 1 N–H and O–H groups in total. The molecule has 0 saturated carbocycles. The smallest absolute Gasteiger partial charge is 0.251 e. The summed E-state index contributed by atoms with van der Waals surface area (Å²) < 4.78 is 12.8. The van der Waals surface area contributed by atoms with Crippen molar-refractivity contribution in [2.45, 2.75) is 12.5 Å². The van der Waals surface area contributed by atoms with Gasteiger partial charge in [0, 0.05) is 6.54 Å². The third-order valence-corrected chi connectivity index (χ3v) is 2.74. The summed E-state index contributed by atoms with van der Waals surface area (Å²) in [5.41, 5.74) is 0.398. The molecule has 1 aromatic rings. The van der Waals surface area contributed by atoms with Crippen LogP contribution in [0.2, 0.25) is 0 Å². The Bertz CT molecular complexity index is 484. The summed E-state index contributed by atoms with van der Waals surface area (Å²) in [6, 6.07) is 4.75. The second kappa shape index (κ2) is 5.10. The van der Waals surface area contributed by atoms with E-state index in [1.54, 1.807) is 6.08 Å². The van der Waals surface area contributed by atoms with Gasteiger partial charge in [0.15, 0.2) is 0 Å². The number of hydrogen-bond acceptors (Lipinski definition) is 3. The van der Waals surface area contributed by atoms with Crippen LogP contribution in [0.15, 0.2) is 36.9 Å². The Kier molecular flexibility index (Phi) is 3.53. The lowest BCUT2D eigenvalue weighted by Crippen LogP contribution is -2.38. The number of nitrogens with zero attached hydrogens (tertiary/aromatic N) is 1. The van der Waals surface area contributed by atoms with Gasteiger partial charge in [-0.25, -0.2) is 9.29 Å². The number of nitrogens with one attached hydrogen (secondary N) is 1. The molecule has 2 amide bonds. The lowest BCUT2D eigenvalue weighted by molar-refractivity contribution is -0.121. The largest absolute Gasteiger partial charge is 0.302 e. The molecule has 1 aliphatic rings. The number of amides is 2. The predicted molar refractivity (Wildman–Crippen MR) is 65.5 cm³/mol. The maximum Gasteiger partial charge on any atom is 0.251 e. The molecule has 4 nitrogen and oxygen atoms in total. The van der Waals surface area contributed by atoms with Crippen molar-refractivity contribution in [1.82, 2.24) is 5.32 Å². The molecule has 1 fully saturated rings. The highest BCUT2D eigenvalue weighted by Crippen LogP contribution is 2.22. The van der Waals surface area contributed by atoms with Gasteiger partial charge in [-0.05, 0) is 24.3 Å². The Morgan fingerprint density at radius 1 is 1.39 bits per heavy atom. The van der Waals surface area contributed by atoms with Crippen LogP contribution in [0.1, 0.15) is 6.42 Å². The summed E-state index contributed by atoms with van der Waals surface area (Å²) in [6.45, 7) is 4.00. The topological polar surface area (TPSA) is 49.4 Å². The van der Waals surface area contributed by atoms with E-state index in [0.29, 0.717) is 12.2 Å². The van der Waals surface area contributed by atoms with Crippen molar-refractivity contribution in [3.8, 4) is 0 Å². The maximum absolute atomic E-state index is 12.8. The fraction of sp³-hybridized carbons (Fsp3) is 0.231. The van der Waals surface area contributed by atoms with E-state index >= 15 is 0 Å². The Morgan fingerprint density at radius 3 is 2.67 bits per heavy atom. The average molecular weight is 248 g/mol. The second-order valence-electron chi connectivity index (χ2n) is 4.00. The molecule has 1 atom stereocenters. The Labute approximate surface area is 104 Å². The minimum Gasteiger partial charge on any atom is -0.302 e. The standard InChI is InChI=1S/C13H13FN2O2/c1-2-7-15-11-8-12(17)16(13(11)18)10-5-3-9(14)4-6-10/h2-6,11,15H,1,7-8H2. The van der Waals surface area contributed by atoms with E-state index in [0.717, 1.165) is 4.90 Å². The van der Waals surface area contributed by atoms with E-state index in [-0.39, 0.29) is 18.2 Å². The summed E-state index contributed by atoms with van der Waals surface area (Å²) in [4.78, 5) is 24.9. The molecule has 18 heavy (non-hydrogen) atoms. The van der Waals surface area contributed by atoms with Crippen LogP contribution in [-0.4, -0.2) is 24.4 Å². The van der Waals surface area contributed by atoms with Gasteiger partial charge in [0.25, 0.3) is 5.91 Å².